The highest BCUT2D eigenvalue weighted by atomic mass is 28.3. The minimum atomic E-state index is -2.41. The van der Waals surface area contributed by atoms with Gasteiger partial charge >= 0.3 is 18.2 Å². The number of nitrogens with zero attached hydrogens (tertiary/aromatic N) is 4. The normalized spacial score (nSPS) is 18.2. The summed E-state index contributed by atoms with van der Waals surface area (Å²) in [6.07, 6.45) is -0.509. The van der Waals surface area contributed by atoms with E-state index in [1.54, 1.807) is 64.1 Å². The summed E-state index contributed by atoms with van der Waals surface area (Å²) in [5.74, 6) is -0.742. The quantitative estimate of drug-likeness (QED) is 0.212. The number of ether oxygens (including phenoxy) is 3. The SMILES string of the molecule is COC(=O)[C@@H]1[C@@H](N(C)c2ccnc(N(C(=O)OC(C)(C)C)C(=O)OC(C)(C)C)c2)C(=O)N1[Si](C)(C)C(C)(C)C. The molecule has 2 rings (SSSR count). The van der Waals surface area contributed by atoms with Crippen LogP contribution in [0.15, 0.2) is 18.3 Å². The van der Waals surface area contributed by atoms with Crippen molar-refractivity contribution < 1.29 is 33.4 Å². The molecule has 12 heteroatoms. The van der Waals surface area contributed by atoms with Gasteiger partial charge in [-0.3, -0.25) is 4.79 Å². The predicted molar refractivity (Wildman–Crippen MR) is 151 cm³/mol. The Morgan fingerprint density at radius 3 is 1.85 bits per heavy atom. The number of β-lactam (4-membered cyclic amide) rings is 1. The van der Waals surface area contributed by atoms with Gasteiger partial charge in [0, 0.05) is 25.0 Å². The Labute approximate surface area is 232 Å². The fourth-order valence-electron chi connectivity index (χ4n) is 3.98. The number of methoxy groups -OCH3 is 1. The van der Waals surface area contributed by atoms with Crippen molar-refractivity contribution in [3.8, 4) is 0 Å². The Morgan fingerprint density at radius 1 is 0.949 bits per heavy atom. The molecule has 2 atom stereocenters. The lowest BCUT2D eigenvalue weighted by molar-refractivity contribution is -0.161. The number of anilines is 2. The molecule has 0 aliphatic carbocycles. The molecule has 0 saturated carbocycles. The Morgan fingerprint density at radius 2 is 1.44 bits per heavy atom. The van der Waals surface area contributed by atoms with Gasteiger partial charge in [-0.2, -0.15) is 4.90 Å². The second-order valence-corrected chi connectivity index (χ2v) is 18.3. The molecule has 0 unspecified atom stereocenters. The van der Waals surface area contributed by atoms with Crippen molar-refractivity contribution in [2.75, 3.05) is 24.0 Å². The van der Waals surface area contributed by atoms with E-state index >= 15 is 0 Å². The van der Waals surface area contributed by atoms with E-state index in [0.29, 0.717) is 5.69 Å². The number of pyridine rings is 1. The first-order valence-electron chi connectivity index (χ1n) is 12.9. The van der Waals surface area contributed by atoms with Crippen LogP contribution in [0.4, 0.5) is 21.1 Å². The minimum Gasteiger partial charge on any atom is -0.467 e. The summed E-state index contributed by atoms with van der Waals surface area (Å²) >= 11 is 0. The summed E-state index contributed by atoms with van der Waals surface area (Å²) in [7, 11) is 0.568. The minimum absolute atomic E-state index is 0.0505. The number of aromatic nitrogens is 1. The second-order valence-electron chi connectivity index (χ2n) is 13.2. The molecular formula is C27H44N4O7Si. The van der Waals surface area contributed by atoms with Gasteiger partial charge in [-0.15, -0.1) is 0 Å². The summed E-state index contributed by atoms with van der Waals surface area (Å²) in [6.45, 7) is 20.4. The first kappa shape index (κ1) is 32.1. The molecule has 0 N–H and O–H groups in total. The molecule has 0 bridgehead atoms. The lowest BCUT2D eigenvalue weighted by atomic mass is 9.97. The van der Waals surface area contributed by atoms with E-state index in [1.165, 1.54) is 19.4 Å². The lowest BCUT2D eigenvalue weighted by Gasteiger charge is -2.58. The molecule has 0 radical (unpaired) electrons. The summed E-state index contributed by atoms with van der Waals surface area (Å²) in [6, 6.07) is 1.46. The van der Waals surface area contributed by atoms with E-state index in [4.69, 9.17) is 14.2 Å². The zero-order valence-electron chi connectivity index (χ0n) is 25.5. The van der Waals surface area contributed by atoms with Crippen LogP contribution in [0.1, 0.15) is 62.3 Å². The Balaban J connectivity index is 2.51. The molecular weight excluding hydrogens is 520 g/mol. The smallest absolute Gasteiger partial charge is 0.425 e. The third-order valence-corrected chi connectivity index (χ3v) is 12.3. The van der Waals surface area contributed by atoms with Gasteiger partial charge in [0.1, 0.15) is 17.2 Å². The van der Waals surface area contributed by atoms with Gasteiger partial charge in [-0.05, 0) is 52.6 Å². The number of amides is 3. The zero-order valence-corrected chi connectivity index (χ0v) is 26.5. The number of carbonyl (C=O) groups excluding carboxylic acids is 4. The van der Waals surface area contributed by atoms with Crippen molar-refractivity contribution in [1.82, 2.24) is 9.55 Å². The molecule has 1 fully saturated rings. The highest BCUT2D eigenvalue weighted by Gasteiger charge is 2.62. The fourth-order valence-corrected chi connectivity index (χ4v) is 6.33. The van der Waals surface area contributed by atoms with Crippen LogP contribution in [-0.2, 0) is 23.8 Å². The molecule has 1 aliphatic heterocycles. The molecule has 39 heavy (non-hydrogen) atoms. The van der Waals surface area contributed by atoms with Crippen LogP contribution in [0.3, 0.4) is 0 Å². The maximum absolute atomic E-state index is 13.6. The summed E-state index contributed by atoms with van der Waals surface area (Å²) < 4.78 is 17.7. The van der Waals surface area contributed by atoms with Crippen LogP contribution < -0.4 is 9.80 Å². The van der Waals surface area contributed by atoms with Crippen molar-refractivity contribution in [3.05, 3.63) is 18.3 Å². The first-order valence-corrected chi connectivity index (χ1v) is 15.8. The third-order valence-electron chi connectivity index (χ3n) is 6.88. The second kappa shape index (κ2) is 10.8. The molecule has 11 nitrogen and oxygen atoms in total. The number of rotatable bonds is 5. The van der Waals surface area contributed by atoms with E-state index < -0.39 is 49.7 Å². The van der Waals surface area contributed by atoms with E-state index in [2.05, 4.69) is 38.8 Å². The Bertz CT molecular complexity index is 1090. The van der Waals surface area contributed by atoms with Gasteiger partial charge < -0.3 is 23.7 Å². The fraction of sp³-hybridized carbons (Fsp3) is 0.667. The number of esters is 1. The van der Waals surface area contributed by atoms with E-state index in [1.807, 2.05) is 0 Å². The summed E-state index contributed by atoms with van der Waals surface area (Å²) in [4.78, 5) is 59.3. The topological polar surface area (TPSA) is 119 Å². The molecule has 1 aromatic heterocycles. The van der Waals surface area contributed by atoms with Gasteiger partial charge in [-0.1, -0.05) is 33.9 Å². The van der Waals surface area contributed by atoms with Gasteiger partial charge in [-0.25, -0.2) is 19.4 Å². The van der Waals surface area contributed by atoms with Crippen LogP contribution in [0.5, 0.6) is 0 Å². The van der Waals surface area contributed by atoms with Gasteiger partial charge in [0.05, 0.1) is 7.11 Å². The highest BCUT2D eigenvalue weighted by Crippen LogP contribution is 2.44. The monoisotopic (exact) mass is 564 g/mol. The Hall–Kier alpha value is -3.15. The maximum Gasteiger partial charge on any atom is 0.425 e. The van der Waals surface area contributed by atoms with Gasteiger partial charge in [0.2, 0.25) is 5.91 Å². The van der Waals surface area contributed by atoms with Crippen molar-refractivity contribution in [2.24, 2.45) is 0 Å². The molecule has 1 saturated heterocycles. The molecule has 3 amide bonds. The van der Waals surface area contributed by atoms with Crippen molar-refractivity contribution >= 4 is 43.8 Å². The molecule has 218 valence electrons. The number of hydrogen-bond donors (Lipinski definition) is 0. The third kappa shape index (κ3) is 6.89. The standard InChI is InChI=1S/C27H44N4O7Si/c1-25(2,3)37-23(34)30(24(35)38-26(4,5)6)18-16-17(14-15-28-18)29(10)19-20(22(33)36-11)31(21(19)32)39(12,13)27(7,8)9/h14-16,19-20H,1-13H3/t19-,20+/m1/s1. The number of likely N-dealkylation sites (N-methyl/N-ethyl adjacent to an activating group) is 1. The number of hydrogen-bond acceptors (Lipinski definition) is 9. The highest BCUT2D eigenvalue weighted by molar-refractivity contribution is 6.80. The number of carbonyl (C=O) groups is 4. The maximum atomic E-state index is 13.6. The molecule has 0 spiro atoms. The lowest BCUT2D eigenvalue weighted by Crippen LogP contribution is -2.80. The van der Waals surface area contributed by atoms with E-state index in [9.17, 15) is 19.2 Å². The molecule has 0 aromatic carbocycles. The molecule has 1 aliphatic rings. The van der Waals surface area contributed by atoms with Crippen LogP contribution in [0.2, 0.25) is 18.1 Å². The summed E-state index contributed by atoms with van der Waals surface area (Å²) in [5.41, 5.74) is -1.31. The van der Waals surface area contributed by atoms with Crippen LogP contribution in [0.25, 0.3) is 0 Å². The largest absolute Gasteiger partial charge is 0.467 e. The van der Waals surface area contributed by atoms with Crippen LogP contribution in [-0.4, -0.2) is 79.3 Å². The average Bonchev–Trinajstić information content (AvgIpc) is 2.73. The van der Waals surface area contributed by atoms with Crippen molar-refractivity contribution in [2.45, 2.75) is 104 Å². The summed E-state index contributed by atoms with van der Waals surface area (Å²) in [5, 5.41) is -0.191. The van der Waals surface area contributed by atoms with Crippen LogP contribution in [0, 0.1) is 0 Å². The molecule has 1 aromatic rings. The van der Waals surface area contributed by atoms with Crippen molar-refractivity contribution in [3.63, 3.8) is 0 Å². The number of imide groups is 1. The van der Waals surface area contributed by atoms with Gasteiger partial charge in [0.15, 0.2) is 20.1 Å². The first-order chi connectivity index (χ1) is 17.5. The van der Waals surface area contributed by atoms with E-state index in [0.717, 1.165) is 4.90 Å². The zero-order chi connectivity index (χ0) is 30.3. The Kier molecular flexibility index (Phi) is 8.86. The van der Waals surface area contributed by atoms with E-state index in [-0.39, 0.29) is 16.8 Å². The van der Waals surface area contributed by atoms with Crippen molar-refractivity contribution in [1.29, 1.82) is 0 Å². The van der Waals surface area contributed by atoms with Crippen LogP contribution >= 0.6 is 0 Å². The predicted octanol–water partition coefficient (Wildman–Crippen LogP) is 4.95. The molecule has 2 heterocycles. The van der Waals surface area contributed by atoms with Gasteiger partial charge in [0.25, 0.3) is 0 Å². The average molecular weight is 565 g/mol.